The number of nitrogens with one attached hydrogen (secondary N) is 1. The van der Waals surface area contributed by atoms with Crippen molar-refractivity contribution in [1.29, 1.82) is 0 Å². The van der Waals surface area contributed by atoms with E-state index in [1.165, 1.54) is 0 Å². The zero-order chi connectivity index (χ0) is 17.8. The molecule has 0 bridgehead atoms. The van der Waals surface area contributed by atoms with E-state index in [0.29, 0.717) is 5.02 Å². The summed E-state index contributed by atoms with van der Waals surface area (Å²) in [5.74, 6) is 0.926. The van der Waals surface area contributed by atoms with Crippen LogP contribution >= 0.6 is 11.6 Å². The van der Waals surface area contributed by atoms with Crippen LogP contribution < -0.4 is 5.32 Å². The molecule has 0 saturated carbocycles. The van der Waals surface area contributed by atoms with Gasteiger partial charge >= 0.3 is 0 Å². The molecule has 2 aromatic rings. The summed E-state index contributed by atoms with van der Waals surface area (Å²) in [5, 5.41) is 8.26. The standard InChI is InChI=1S/C18H24ClN5O/c1-3-7-16-21-17(18(25)23-11-6-8-13(23)12-20-2)22-24(16)15-10-5-4-9-14(15)19/h4-5,9-10,13,20H,3,6-8,11-12H2,1-2H3. The van der Waals surface area contributed by atoms with Gasteiger partial charge in [0.2, 0.25) is 5.82 Å². The molecule has 1 N–H and O–H groups in total. The second-order valence-electron chi connectivity index (χ2n) is 6.32. The smallest absolute Gasteiger partial charge is 0.293 e. The number of carbonyl (C=O) groups excluding carboxylic acids is 1. The lowest BCUT2D eigenvalue weighted by molar-refractivity contribution is 0.0724. The van der Waals surface area contributed by atoms with Crippen molar-refractivity contribution in [1.82, 2.24) is 25.0 Å². The van der Waals surface area contributed by atoms with Gasteiger partial charge in [-0.25, -0.2) is 9.67 Å². The molecule has 1 amide bonds. The van der Waals surface area contributed by atoms with Crippen LogP contribution in [0, 0.1) is 0 Å². The van der Waals surface area contributed by atoms with E-state index in [-0.39, 0.29) is 17.8 Å². The molecule has 0 spiro atoms. The van der Waals surface area contributed by atoms with Crippen LogP contribution in [-0.2, 0) is 6.42 Å². The van der Waals surface area contributed by atoms with Gasteiger partial charge in [-0.2, -0.15) is 0 Å². The van der Waals surface area contributed by atoms with Crippen molar-refractivity contribution in [2.75, 3.05) is 20.1 Å². The Hall–Kier alpha value is -1.92. The van der Waals surface area contributed by atoms with Crippen molar-refractivity contribution in [3.8, 4) is 5.69 Å². The average molecular weight is 362 g/mol. The quantitative estimate of drug-likeness (QED) is 0.859. The highest BCUT2D eigenvalue weighted by atomic mass is 35.5. The molecule has 134 valence electrons. The first-order chi connectivity index (χ1) is 12.2. The molecule has 0 radical (unpaired) electrons. The van der Waals surface area contributed by atoms with Gasteiger partial charge in [-0.1, -0.05) is 30.7 Å². The number of aryl methyl sites for hydroxylation is 1. The monoisotopic (exact) mass is 361 g/mol. The fraction of sp³-hybridized carbons (Fsp3) is 0.500. The van der Waals surface area contributed by atoms with Gasteiger partial charge in [-0.15, -0.1) is 5.10 Å². The van der Waals surface area contributed by atoms with E-state index in [9.17, 15) is 4.79 Å². The number of carbonyl (C=O) groups is 1. The molecule has 1 fully saturated rings. The predicted octanol–water partition coefficient (Wildman–Crippen LogP) is 2.70. The summed E-state index contributed by atoms with van der Waals surface area (Å²) < 4.78 is 1.71. The highest BCUT2D eigenvalue weighted by Gasteiger charge is 2.31. The molecule has 6 nitrogen and oxygen atoms in total. The van der Waals surface area contributed by atoms with Gasteiger partial charge in [0.25, 0.3) is 5.91 Å². The van der Waals surface area contributed by atoms with Crippen molar-refractivity contribution in [2.45, 2.75) is 38.6 Å². The Balaban J connectivity index is 1.94. The van der Waals surface area contributed by atoms with Gasteiger partial charge in [-0.3, -0.25) is 4.79 Å². The molecule has 2 heterocycles. The third-order valence-electron chi connectivity index (χ3n) is 4.50. The van der Waals surface area contributed by atoms with E-state index >= 15 is 0 Å². The lowest BCUT2D eigenvalue weighted by Gasteiger charge is -2.23. The number of para-hydroxylation sites is 1. The van der Waals surface area contributed by atoms with Crippen LogP contribution in [0.2, 0.25) is 5.02 Å². The number of likely N-dealkylation sites (tertiary alicyclic amines) is 1. The molecule has 1 unspecified atom stereocenters. The molecular weight excluding hydrogens is 338 g/mol. The summed E-state index contributed by atoms with van der Waals surface area (Å²) in [6, 6.07) is 7.70. The summed E-state index contributed by atoms with van der Waals surface area (Å²) in [6.45, 7) is 3.63. The third kappa shape index (κ3) is 3.70. The van der Waals surface area contributed by atoms with Crippen molar-refractivity contribution in [3.05, 3.63) is 40.9 Å². The van der Waals surface area contributed by atoms with E-state index in [1.54, 1.807) is 4.68 Å². The molecule has 7 heteroatoms. The lowest BCUT2D eigenvalue weighted by atomic mass is 10.2. The number of rotatable bonds is 6. The minimum absolute atomic E-state index is 0.0964. The highest BCUT2D eigenvalue weighted by molar-refractivity contribution is 6.32. The number of amides is 1. The number of nitrogens with zero attached hydrogens (tertiary/aromatic N) is 4. The van der Waals surface area contributed by atoms with Crippen molar-refractivity contribution < 1.29 is 4.79 Å². The second kappa shape index (κ2) is 7.97. The predicted molar refractivity (Wildman–Crippen MR) is 98.3 cm³/mol. The average Bonchev–Trinajstić information content (AvgIpc) is 3.23. The fourth-order valence-corrected chi connectivity index (χ4v) is 3.53. The van der Waals surface area contributed by atoms with Gasteiger partial charge in [0, 0.05) is 25.6 Å². The molecule has 1 aliphatic heterocycles. The number of hydrogen-bond acceptors (Lipinski definition) is 4. The van der Waals surface area contributed by atoms with Crippen LogP contribution in [0.4, 0.5) is 0 Å². The third-order valence-corrected chi connectivity index (χ3v) is 4.82. The fourth-order valence-electron chi connectivity index (χ4n) is 3.32. The maximum Gasteiger partial charge on any atom is 0.293 e. The summed E-state index contributed by atoms with van der Waals surface area (Å²) in [7, 11) is 1.91. The molecule has 1 atom stereocenters. The first-order valence-corrected chi connectivity index (χ1v) is 9.20. The van der Waals surface area contributed by atoms with E-state index in [4.69, 9.17) is 11.6 Å². The number of benzene rings is 1. The van der Waals surface area contributed by atoms with Crippen LogP contribution in [-0.4, -0.2) is 51.8 Å². The summed E-state index contributed by atoms with van der Waals surface area (Å²) in [6.07, 6.45) is 3.69. The largest absolute Gasteiger partial charge is 0.332 e. The maximum atomic E-state index is 12.9. The molecule has 1 saturated heterocycles. The Morgan fingerprint density at radius 2 is 2.20 bits per heavy atom. The SMILES string of the molecule is CCCc1nc(C(=O)N2CCCC2CNC)nn1-c1ccccc1Cl. The number of aromatic nitrogens is 3. The van der Waals surface area contributed by atoms with Crippen LogP contribution in [0.15, 0.2) is 24.3 Å². The van der Waals surface area contributed by atoms with Crippen LogP contribution in [0.1, 0.15) is 42.6 Å². The molecular formula is C18H24ClN5O. The van der Waals surface area contributed by atoms with E-state index in [0.717, 1.165) is 50.3 Å². The Labute approximate surface area is 153 Å². The topological polar surface area (TPSA) is 63.1 Å². The van der Waals surface area contributed by atoms with Gasteiger partial charge in [-0.05, 0) is 38.4 Å². The van der Waals surface area contributed by atoms with Crippen molar-refractivity contribution in [3.63, 3.8) is 0 Å². The Morgan fingerprint density at radius 3 is 2.92 bits per heavy atom. The molecule has 25 heavy (non-hydrogen) atoms. The van der Waals surface area contributed by atoms with Crippen LogP contribution in [0.5, 0.6) is 0 Å². The summed E-state index contributed by atoms with van der Waals surface area (Å²) >= 11 is 6.32. The summed E-state index contributed by atoms with van der Waals surface area (Å²) in [4.78, 5) is 19.4. The second-order valence-corrected chi connectivity index (χ2v) is 6.72. The Bertz CT molecular complexity index is 745. The number of hydrogen-bond donors (Lipinski definition) is 1. The molecule has 1 aromatic carbocycles. The van der Waals surface area contributed by atoms with Crippen LogP contribution in [0.3, 0.4) is 0 Å². The summed E-state index contributed by atoms with van der Waals surface area (Å²) in [5.41, 5.74) is 0.757. The molecule has 1 aromatic heterocycles. The zero-order valence-electron chi connectivity index (χ0n) is 14.7. The van der Waals surface area contributed by atoms with E-state index < -0.39 is 0 Å². The molecule has 1 aliphatic rings. The van der Waals surface area contributed by atoms with Crippen molar-refractivity contribution in [2.24, 2.45) is 0 Å². The van der Waals surface area contributed by atoms with Crippen molar-refractivity contribution >= 4 is 17.5 Å². The number of halogens is 1. The maximum absolute atomic E-state index is 12.9. The Morgan fingerprint density at radius 1 is 1.40 bits per heavy atom. The first kappa shape index (κ1) is 17.9. The minimum Gasteiger partial charge on any atom is -0.332 e. The zero-order valence-corrected chi connectivity index (χ0v) is 15.5. The lowest BCUT2D eigenvalue weighted by Crippen LogP contribution is -2.41. The highest BCUT2D eigenvalue weighted by Crippen LogP contribution is 2.23. The normalized spacial score (nSPS) is 17.2. The minimum atomic E-state index is -0.0964. The van der Waals surface area contributed by atoms with Gasteiger partial charge in [0.05, 0.1) is 10.7 Å². The van der Waals surface area contributed by atoms with Gasteiger partial charge in [0.15, 0.2) is 0 Å². The van der Waals surface area contributed by atoms with Crippen LogP contribution in [0.25, 0.3) is 5.69 Å². The molecule has 3 rings (SSSR count). The Kier molecular flexibility index (Phi) is 5.71. The number of likely N-dealkylation sites (N-methyl/N-ethyl adjacent to an activating group) is 1. The molecule has 0 aliphatic carbocycles. The van der Waals surface area contributed by atoms with Gasteiger partial charge < -0.3 is 10.2 Å². The van der Waals surface area contributed by atoms with E-state index in [2.05, 4.69) is 22.3 Å². The van der Waals surface area contributed by atoms with E-state index in [1.807, 2.05) is 36.2 Å². The van der Waals surface area contributed by atoms with Gasteiger partial charge in [0.1, 0.15) is 5.82 Å². The first-order valence-electron chi connectivity index (χ1n) is 8.82.